The largest absolute Gasteiger partial charge is 0.354 e. The van der Waals surface area contributed by atoms with Gasteiger partial charge in [0, 0.05) is 38.8 Å². The number of anilines is 1. The van der Waals surface area contributed by atoms with Crippen LogP contribution in [0.3, 0.4) is 0 Å². The molecule has 1 aromatic rings. The second-order valence-electron chi connectivity index (χ2n) is 3.51. The second kappa shape index (κ2) is 3.38. The number of hydrogen-bond donors (Lipinski definition) is 1. The summed E-state index contributed by atoms with van der Waals surface area (Å²) in [6, 6.07) is 0. The predicted molar refractivity (Wildman–Crippen MR) is 53.0 cm³/mol. The topological polar surface area (TPSA) is 33.1 Å². The average molecular weight is 180 g/mol. The van der Waals surface area contributed by atoms with E-state index in [1.807, 2.05) is 17.9 Å². The summed E-state index contributed by atoms with van der Waals surface area (Å²) in [6.07, 6.45) is 1.93. The first-order valence-electron chi connectivity index (χ1n) is 4.73. The Morgan fingerprint density at radius 1 is 1.38 bits per heavy atom. The van der Waals surface area contributed by atoms with Gasteiger partial charge in [0.15, 0.2) is 0 Å². The maximum Gasteiger partial charge on any atom is 0.129 e. The number of hydrogen-bond acceptors (Lipinski definition) is 3. The van der Waals surface area contributed by atoms with E-state index >= 15 is 0 Å². The average Bonchev–Trinajstić information content (AvgIpc) is 2.48. The second-order valence-corrected chi connectivity index (χ2v) is 3.51. The zero-order valence-corrected chi connectivity index (χ0v) is 8.25. The Balaban J connectivity index is 2.22. The number of rotatable bonds is 1. The summed E-state index contributed by atoms with van der Waals surface area (Å²) in [4.78, 5) is 2.39. The van der Waals surface area contributed by atoms with Gasteiger partial charge in [-0.2, -0.15) is 5.10 Å². The lowest BCUT2D eigenvalue weighted by atomic mass is 10.3. The van der Waals surface area contributed by atoms with E-state index in [0.717, 1.165) is 26.2 Å². The lowest BCUT2D eigenvalue weighted by Gasteiger charge is -2.29. The summed E-state index contributed by atoms with van der Waals surface area (Å²) < 4.78 is 1.96. The molecule has 1 aromatic heterocycles. The summed E-state index contributed by atoms with van der Waals surface area (Å²) >= 11 is 0. The fourth-order valence-corrected chi connectivity index (χ4v) is 1.87. The molecule has 13 heavy (non-hydrogen) atoms. The Labute approximate surface area is 78.5 Å². The summed E-state index contributed by atoms with van der Waals surface area (Å²) in [6.45, 7) is 6.43. The molecule has 1 N–H and O–H groups in total. The van der Waals surface area contributed by atoms with Crippen LogP contribution in [0.2, 0.25) is 0 Å². The molecule has 0 atom stereocenters. The highest BCUT2D eigenvalue weighted by Gasteiger charge is 2.15. The van der Waals surface area contributed by atoms with Crippen molar-refractivity contribution < 1.29 is 0 Å². The van der Waals surface area contributed by atoms with Crippen LogP contribution in [0.5, 0.6) is 0 Å². The summed E-state index contributed by atoms with van der Waals surface area (Å²) in [5.74, 6) is 1.27. The van der Waals surface area contributed by atoms with Crippen molar-refractivity contribution in [2.24, 2.45) is 7.05 Å². The molecule has 4 heteroatoms. The molecule has 1 saturated heterocycles. The molecular weight excluding hydrogens is 164 g/mol. The van der Waals surface area contributed by atoms with E-state index < -0.39 is 0 Å². The quantitative estimate of drug-likeness (QED) is 0.667. The third-order valence-corrected chi connectivity index (χ3v) is 2.50. The molecule has 0 aromatic carbocycles. The van der Waals surface area contributed by atoms with E-state index in [9.17, 15) is 0 Å². The van der Waals surface area contributed by atoms with Crippen LogP contribution < -0.4 is 10.2 Å². The van der Waals surface area contributed by atoms with E-state index in [2.05, 4.69) is 22.2 Å². The van der Waals surface area contributed by atoms with Gasteiger partial charge in [0.25, 0.3) is 0 Å². The van der Waals surface area contributed by atoms with E-state index in [1.165, 1.54) is 11.4 Å². The molecule has 1 fully saturated rings. The van der Waals surface area contributed by atoms with Crippen LogP contribution in [0.25, 0.3) is 0 Å². The van der Waals surface area contributed by atoms with Crippen LogP contribution in [-0.4, -0.2) is 36.0 Å². The van der Waals surface area contributed by atoms with Crippen molar-refractivity contribution in [3.63, 3.8) is 0 Å². The molecule has 1 aliphatic rings. The van der Waals surface area contributed by atoms with Crippen molar-refractivity contribution >= 4 is 5.82 Å². The van der Waals surface area contributed by atoms with Gasteiger partial charge in [-0.25, -0.2) is 0 Å². The van der Waals surface area contributed by atoms with Crippen LogP contribution in [0.4, 0.5) is 5.82 Å². The van der Waals surface area contributed by atoms with Gasteiger partial charge in [-0.3, -0.25) is 4.68 Å². The minimum absolute atomic E-state index is 1.07. The van der Waals surface area contributed by atoms with Crippen molar-refractivity contribution in [3.8, 4) is 0 Å². The first kappa shape index (κ1) is 8.56. The Hall–Kier alpha value is -1.03. The highest BCUT2D eigenvalue weighted by molar-refractivity contribution is 5.46. The molecule has 72 valence electrons. The van der Waals surface area contributed by atoms with Crippen molar-refractivity contribution in [1.82, 2.24) is 15.1 Å². The van der Waals surface area contributed by atoms with E-state index in [0.29, 0.717) is 0 Å². The highest BCUT2D eigenvalue weighted by Crippen LogP contribution is 2.18. The number of nitrogens with zero attached hydrogens (tertiary/aromatic N) is 3. The molecule has 0 spiro atoms. The Morgan fingerprint density at radius 3 is 2.62 bits per heavy atom. The van der Waals surface area contributed by atoms with E-state index in [4.69, 9.17) is 0 Å². The highest BCUT2D eigenvalue weighted by atomic mass is 15.4. The first-order chi connectivity index (χ1) is 6.29. The third kappa shape index (κ3) is 1.54. The molecule has 1 aliphatic heterocycles. The van der Waals surface area contributed by atoms with Crippen molar-refractivity contribution in [2.45, 2.75) is 6.92 Å². The van der Waals surface area contributed by atoms with Crippen LogP contribution in [-0.2, 0) is 7.05 Å². The zero-order valence-electron chi connectivity index (χ0n) is 8.25. The normalized spacial score (nSPS) is 17.8. The molecule has 2 rings (SSSR count). The minimum Gasteiger partial charge on any atom is -0.354 e. The SMILES string of the molecule is Cc1cnn(C)c1N1CCNCC1. The van der Waals surface area contributed by atoms with Crippen molar-refractivity contribution in [1.29, 1.82) is 0 Å². The lowest BCUT2D eigenvalue weighted by Crippen LogP contribution is -2.44. The van der Waals surface area contributed by atoms with Gasteiger partial charge in [0.05, 0.1) is 6.20 Å². The van der Waals surface area contributed by atoms with Gasteiger partial charge in [-0.05, 0) is 6.92 Å². The van der Waals surface area contributed by atoms with Gasteiger partial charge < -0.3 is 10.2 Å². The van der Waals surface area contributed by atoms with Gasteiger partial charge in [-0.1, -0.05) is 0 Å². The number of piperazine rings is 1. The Kier molecular flexibility index (Phi) is 2.22. The first-order valence-corrected chi connectivity index (χ1v) is 4.73. The van der Waals surface area contributed by atoms with E-state index in [-0.39, 0.29) is 0 Å². The minimum atomic E-state index is 1.07. The number of aryl methyl sites for hydroxylation is 2. The maximum atomic E-state index is 4.25. The molecule has 0 radical (unpaired) electrons. The molecule has 4 nitrogen and oxygen atoms in total. The summed E-state index contributed by atoms with van der Waals surface area (Å²) in [5, 5.41) is 7.59. The van der Waals surface area contributed by atoms with Gasteiger partial charge in [0.2, 0.25) is 0 Å². The van der Waals surface area contributed by atoms with Crippen molar-refractivity contribution in [3.05, 3.63) is 11.8 Å². The summed E-state index contributed by atoms with van der Waals surface area (Å²) in [5.41, 5.74) is 1.27. The molecular formula is C9H16N4. The van der Waals surface area contributed by atoms with Crippen LogP contribution in [0, 0.1) is 6.92 Å². The molecule has 0 amide bonds. The van der Waals surface area contributed by atoms with Crippen molar-refractivity contribution in [2.75, 3.05) is 31.1 Å². The lowest BCUT2D eigenvalue weighted by molar-refractivity contribution is 0.571. The predicted octanol–water partition coefficient (Wildman–Crippen LogP) is 0.138. The van der Waals surface area contributed by atoms with E-state index in [1.54, 1.807) is 0 Å². The zero-order chi connectivity index (χ0) is 9.26. The fraction of sp³-hybridized carbons (Fsp3) is 0.667. The number of aromatic nitrogens is 2. The van der Waals surface area contributed by atoms with Gasteiger partial charge in [0.1, 0.15) is 5.82 Å². The van der Waals surface area contributed by atoms with Gasteiger partial charge >= 0.3 is 0 Å². The Morgan fingerprint density at radius 2 is 2.08 bits per heavy atom. The number of nitrogens with one attached hydrogen (secondary N) is 1. The third-order valence-electron chi connectivity index (χ3n) is 2.50. The van der Waals surface area contributed by atoms with Crippen LogP contribution >= 0.6 is 0 Å². The smallest absolute Gasteiger partial charge is 0.129 e. The molecule has 0 unspecified atom stereocenters. The monoisotopic (exact) mass is 180 g/mol. The molecule has 2 heterocycles. The van der Waals surface area contributed by atoms with Crippen LogP contribution in [0.1, 0.15) is 5.56 Å². The Bertz CT molecular complexity index is 266. The maximum absolute atomic E-state index is 4.25. The molecule has 0 aliphatic carbocycles. The fourth-order valence-electron chi connectivity index (χ4n) is 1.87. The van der Waals surface area contributed by atoms with Crippen LogP contribution in [0.15, 0.2) is 6.20 Å². The molecule has 0 bridgehead atoms. The molecule has 0 saturated carbocycles. The summed E-state index contributed by atoms with van der Waals surface area (Å²) in [7, 11) is 2.00. The standard InChI is InChI=1S/C9H16N4/c1-8-7-11-12(2)9(8)13-5-3-10-4-6-13/h7,10H,3-6H2,1-2H3. The van der Waals surface area contributed by atoms with Gasteiger partial charge in [-0.15, -0.1) is 0 Å².